The molecule has 0 aliphatic carbocycles. The van der Waals surface area contributed by atoms with Crippen LogP contribution in [0.1, 0.15) is 12.5 Å². The van der Waals surface area contributed by atoms with E-state index < -0.39 is 6.03 Å². The molecule has 0 fully saturated rings. The van der Waals surface area contributed by atoms with E-state index in [0.29, 0.717) is 0 Å². The molecule has 0 radical (unpaired) electrons. The summed E-state index contributed by atoms with van der Waals surface area (Å²) in [6, 6.07) is 7.05. The van der Waals surface area contributed by atoms with Gasteiger partial charge in [0.2, 0.25) is 0 Å². The molecule has 3 nitrogen and oxygen atoms in total. The number of hydrogen-bond acceptors (Lipinski definition) is 1. The van der Waals surface area contributed by atoms with Crippen LogP contribution in [0.3, 0.4) is 0 Å². The number of allylic oxidation sites excluding steroid dienone is 1. The Kier molecular flexibility index (Phi) is 2.92. The Morgan fingerprint density at radius 2 is 2.00 bits per heavy atom. The molecule has 2 N–H and O–H groups in total. The average Bonchev–Trinajstić information content (AvgIpc) is 2.16. The van der Waals surface area contributed by atoms with E-state index in [9.17, 15) is 4.79 Å². The van der Waals surface area contributed by atoms with Gasteiger partial charge in [-0.15, -0.1) is 0 Å². The third kappa shape index (κ3) is 1.93. The van der Waals surface area contributed by atoms with Crippen molar-refractivity contribution in [2.24, 2.45) is 5.73 Å². The Morgan fingerprint density at radius 1 is 1.43 bits per heavy atom. The van der Waals surface area contributed by atoms with Gasteiger partial charge in [-0.1, -0.05) is 24.8 Å². The van der Waals surface area contributed by atoms with Gasteiger partial charge < -0.3 is 5.73 Å². The van der Waals surface area contributed by atoms with Gasteiger partial charge in [0.15, 0.2) is 0 Å². The molecule has 2 amide bonds. The minimum atomic E-state index is -0.473. The van der Waals surface area contributed by atoms with Gasteiger partial charge >= 0.3 is 6.03 Å². The molecule has 0 unspecified atom stereocenters. The highest BCUT2D eigenvalue weighted by molar-refractivity contribution is 5.93. The van der Waals surface area contributed by atoms with Crippen LogP contribution in [-0.4, -0.2) is 13.1 Å². The first-order chi connectivity index (χ1) is 6.54. The Hall–Kier alpha value is -1.77. The highest BCUT2D eigenvalue weighted by atomic mass is 16.2. The molecule has 1 aromatic rings. The predicted molar refractivity (Wildman–Crippen MR) is 59.1 cm³/mol. The third-order valence-corrected chi connectivity index (χ3v) is 2.06. The lowest BCUT2D eigenvalue weighted by atomic mass is 10.1. The third-order valence-electron chi connectivity index (χ3n) is 2.06. The highest BCUT2D eigenvalue weighted by Crippen LogP contribution is 2.24. The van der Waals surface area contributed by atoms with Gasteiger partial charge in [-0.25, -0.2) is 4.79 Å². The fourth-order valence-corrected chi connectivity index (χ4v) is 1.25. The quantitative estimate of drug-likeness (QED) is 0.763. The number of anilines is 1. The summed E-state index contributed by atoms with van der Waals surface area (Å²) in [6.07, 6.45) is 0. The van der Waals surface area contributed by atoms with E-state index in [2.05, 4.69) is 6.58 Å². The predicted octanol–water partition coefficient (Wildman–Crippen LogP) is 2.23. The van der Waals surface area contributed by atoms with E-state index in [1.807, 2.05) is 31.2 Å². The van der Waals surface area contributed by atoms with Gasteiger partial charge in [0.1, 0.15) is 0 Å². The number of benzene rings is 1. The molecule has 0 spiro atoms. The monoisotopic (exact) mass is 190 g/mol. The number of primary amides is 1. The van der Waals surface area contributed by atoms with Crippen molar-refractivity contribution in [3.8, 4) is 0 Å². The van der Waals surface area contributed by atoms with Crippen molar-refractivity contribution in [3.63, 3.8) is 0 Å². The fraction of sp³-hybridized carbons (Fsp3) is 0.182. The first kappa shape index (κ1) is 10.3. The number of carbonyl (C=O) groups excluding carboxylic acids is 1. The van der Waals surface area contributed by atoms with E-state index in [-0.39, 0.29) is 0 Å². The summed E-state index contributed by atoms with van der Waals surface area (Å²) in [5.41, 5.74) is 7.83. The molecular weight excluding hydrogens is 176 g/mol. The molecule has 0 aliphatic rings. The standard InChI is InChI=1S/C11H14N2O/c1-8(2)9-6-4-5-7-10(9)13(3)11(12)14/h4-7H,1H2,2-3H3,(H2,12,14). The molecule has 0 saturated carbocycles. The van der Waals surface area contributed by atoms with Crippen LogP contribution in [0.15, 0.2) is 30.8 Å². The van der Waals surface area contributed by atoms with Crippen LogP contribution in [0, 0.1) is 0 Å². The number of para-hydroxylation sites is 1. The summed E-state index contributed by atoms with van der Waals surface area (Å²) in [5, 5.41) is 0. The maximum atomic E-state index is 11.0. The van der Waals surface area contributed by atoms with Gasteiger partial charge in [-0.3, -0.25) is 4.90 Å². The first-order valence-electron chi connectivity index (χ1n) is 4.32. The number of amides is 2. The van der Waals surface area contributed by atoms with E-state index in [0.717, 1.165) is 16.8 Å². The lowest BCUT2D eigenvalue weighted by molar-refractivity contribution is 0.255. The molecule has 0 aromatic heterocycles. The van der Waals surface area contributed by atoms with Crippen molar-refractivity contribution in [2.45, 2.75) is 6.92 Å². The zero-order chi connectivity index (χ0) is 10.7. The molecule has 1 aromatic carbocycles. The second kappa shape index (κ2) is 3.96. The lowest BCUT2D eigenvalue weighted by Crippen LogP contribution is -2.32. The minimum Gasteiger partial charge on any atom is -0.351 e. The van der Waals surface area contributed by atoms with Crippen molar-refractivity contribution in [1.82, 2.24) is 0 Å². The maximum Gasteiger partial charge on any atom is 0.319 e. The number of nitrogens with zero attached hydrogens (tertiary/aromatic N) is 1. The van der Waals surface area contributed by atoms with Crippen molar-refractivity contribution in [2.75, 3.05) is 11.9 Å². The van der Waals surface area contributed by atoms with Crippen LogP contribution in [0.25, 0.3) is 5.57 Å². The van der Waals surface area contributed by atoms with Crippen LogP contribution in [0.2, 0.25) is 0 Å². The summed E-state index contributed by atoms with van der Waals surface area (Å²) in [6.45, 7) is 5.75. The van der Waals surface area contributed by atoms with Crippen LogP contribution < -0.4 is 10.6 Å². The normalized spacial score (nSPS) is 9.57. The highest BCUT2D eigenvalue weighted by Gasteiger charge is 2.10. The molecule has 14 heavy (non-hydrogen) atoms. The molecule has 0 saturated heterocycles. The number of urea groups is 1. The van der Waals surface area contributed by atoms with Gasteiger partial charge in [-0.05, 0) is 18.6 Å². The second-order valence-electron chi connectivity index (χ2n) is 3.19. The first-order valence-corrected chi connectivity index (χ1v) is 4.32. The SMILES string of the molecule is C=C(C)c1ccccc1N(C)C(N)=O. The topological polar surface area (TPSA) is 46.3 Å². The zero-order valence-electron chi connectivity index (χ0n) is 8.45. The van der Waals surface area contributed by atoms with Crippen molar-refractivity contribution in [1.29, 1.82) is 0 Å². The van der Waals surface area contributed by atoms with E-state index >= 15 is 0 Å². The van der Waals surface area contributed by atoms with E-state index in [4.69, 9.17) is 5.73 Å². The summed E-state index contributed by atoms with van der Waals surface area (Å²) < 4.78 is 0. The van der Waals surface area contributed by atoms with Crippen LogP contribution >= 0.6 is 0 Å². The second-order valence-corrected chi connectivity index (χ2v) is 3.19. The Balaban J connectivity index is 3.19. The average molecular weight is 190 g/mol. The van der Waals surface area contributed by atoms with Gasteiger partial charge in [0, 0.05) is 12.6 Å². The van der Waals surface area contributed by atoms with E-state index in [1.165, 1.54) is 4.90 Å². The molecular formula is C11H14N2O. The van der Waals surface area contributed by atoms with Crippen LogP contribution in [0.4, 0.5) is 10.5 Å². The summed E-state index contributed by atoms with van der Waals surface area (Å²) >= 11 is 0. The summed E-state index contributed by atoms with van der Waals surface area (Å²) in [7, 11) is 1.64. The maximum absolute atomic E-state index is 11.0. The van der Waals surface area contributed by atoms with Crippen molar-refractivity contribution < 1.29 is 4.79 Å². The number of hydrogen-bond donors (Lipinski definition) is 1. The summed E-state index contributed by atoms with van der Waals surface area (Å²) in [5.74, 6) is 0. The van der Waals surface area contributed by atoms with Gasteiger partial charge in [0.25, 0.3) is 0 Å². The molecule has 74 valence electrons. The van der Waals surface area contributed by atoms with Crippen molar-refractivity contribution in [3.05, 3.63) is 36.4 Å². The largest absolute Gasteiger partial charge is 0.351 e. The van der Waals surface area contributed by atoms with Crippen molar-refractivity contribution >= 4 is 17.3 Å². The lowest BCUT2D eigenvalue weighted by Gasteiger charge is -2.18. The molecule has 0 aliphatic heterocycles. The fourth-order valence-electron chi connectivity index (χ4n) is 1.25. The molecule has 3 heteroatoms. The molecule has 0 heterocycles. The van der Waals surface area contributed by atoms with Gasteiger partial charge in [-0.2, -0.15) is 0 Å². The Labute approximate surface area is 83.8 Å². The smallest absolute Gasteiger partial charge is 0.319 e. The number of nitrogens with two attached hydrogens (primary N) is 1. The van der Waals surface area contributed by atoms with Crippen LogP contribution in [0.5, 0.6) is 0 Å². The van der Waals surface area contributed by atoms with Gasteiger partial charge in [0.05, 0.1) is 5.69 Å². The Bertz CT molecular complexity index is 371. The van der Waals surface area contributed by atoms with E-state index in [1.54, 1.807) is 7.05 Å². The minimum absolute atomic E-state index is 0.473. The molecule has 0 bridgehead atoms. The van der Waals surface area contributed by atoms with Crippen LogP contribution in [-0.2, 0) is 0 Å². The number of rotatable bonds is 2. The molecule has 1 rings (SSSR count). The zero-order valence-corrected chi connectivity index (χ0v) is 8.45. The summed E-state index contributed by atoms with van der Waals surface area (Å²) in [4.78, 5) is 12.4. The Morgan fingerprint density at radius 3 is 2.50 bits per heavy atom. The number of carbonyl (C=O) groups is 1. The molecule has 0 atom stereocenters.